The third-order valence-electron chi connectivity index (χ3n) is 1.73. The summed E-state index contributed by atoms with van der Waals surface area (Å²) in [7, 11) is 1.95. The first-order valence-electron chi connectivity index (χ1n) is 5.24. The minimum absolute atomic E-state index is 0.558. The van der Waals surface area contributed by atoms with Crippen LogP contribution in [0, 0.1) is 0 Å². The van der Waals surface area contributed by atoms with E-state index >= 15 is 0 Å². The molecule has 3 N–H and O–H groups in total. The Balaban J connectivity index is 0.000000331. The fraction of sp³-hybridized carbons (Fsp3) is 0.250. The fourth-order valence-corrected chi connectivity index (χ4v) is 0.942. The van der Waals surface area contributed by atoms with Crippen LogP contribution in [0.25, 0.3) is 0 Å². The first-order valence-corrected chi connectivity index (χ1v) is 5.24. The third-order valence-corrected chi connectivity index (χ3v) is 1.73. The van der Waals surface area contributed by atoms with Gasteiger partial charge >= 0.3 is 11.9 Å². The van der Waals surface area contributed by atoms with Gasteiger partial charge in [0.25, 0.3) is 0 Å². The molecule has 0 saturated carbocycles. The van der Waals surface area contributed by atoms with Gasteiger partial charge in [-0.2, -0.15) is 0 Å². The number of aliphatic carboxylic acids is 2. The molecule has 0 bridgehead atoms. The summed E-state index contributed by atoms with van der Waals surface area (Å²) in [6.45, 7) is 0.997. The summed E-state index contributed by atoms with van der Waals surface area (Å²) in [5.74, 6) is -2.51. The van der Waals surface area contributed by atoms with Crippen molar-refractivity contribution < 1.29 is 19.8 Å². The van der Waals surface area contributed by atoms with E-state index in [1.165, 1.54) is 0 Å². The molecule has 1 aromatic heterocycles. The molecule has 1 rings (SSSR count). The molecule has 0 atom stereocenters. The van der Waals surface area contributed by atoms with Crippen LogP contribution in [-0.2, 0) is 16.0 Å². The number of hydrogen-bond acceptors (Lipinski definition) is 4. The van der Waals surface area contributed by atoms with Crippen LogP contribution in [0.2, 0.25) is 0 Å². The number of pyridine rings is 1. The van der Waals surface area contributed by atoms with Gasteiger partial charge < -0.3 is 15.5 Å². The zero-order valence-corrected chi connectivity index (χ0v) is 10.0. The Kier molecular flexibility index (Phi) is 8.75. The predicted molar refractivity (Wildman–Crippen MR) is 66.3 cm³/mol. The second-order valence-electron chi connectivity index (χ2n) is 3.18. The minimum atomic E-state index is -1.26. The van der Waals surface area contributed by atoms with Gasteiger partial charge in [-0.05, 0) is 19.2 Å². The molecular formula is C12H16N2O4. The standard InChI is InChI=1S/C8H12N2.C4H4O4/c1-9-7-5-8-4-2-3-6-10-8;5-3(6)1-2-4(7)8/h2-4,6,9H,5,7H2,1H3;1-2H,(H,5,6)(H,7,8)/b;2-1+. The maximum absolute atomic E-state index is 9.55. The van der Waals surface area contributed by atoms with E-state index in [1.54, 1.807) is 0 Å². The second-order valence-corrected chi connectivity index (χ2v) is 3.18. The van der Waals surface area contributed by atoms with Crippen LogP contribution in [0.5, 0.6) is 0 Å². The van der Waals surface area contributed by atoms with Gasteiger partial charge in [-0.3, -0.25) is 4.98 Å². The molecule has 6 heteroatoms. The van der Waals surface area contributed by atoms with Crippen molar-refractivity contribution in [3.8, 4) is 0 Å². The Hall–Kier alpha value is -2.21. The highest BCUT2D eigenvalue weighted by atomic mass is 16.4. The molecule has 0 aliphatic heterocycles. The molecule has 0 saturated heterocycles. The van der Waals surface area contributed by atoms with Gasteiger partial charge in [-0.15, -0.1) is 0 Å². The number of rotatable bonds is 5. The van der Waals surface area contributed by atoms with E-state index in [2.05, 4.69) is 10.3 Å². The van der Waals surface area contributed by atoms with Crippen molar-refractivity contribution in [3.05, 3.63) is 42.2 Å². The molecule has 1 aromatic rings. The predicted octanol–water partition coefficient (Wildman–Crippen LogP) is 0.555. The smallest absolute Gasteiger partial charge is 0.328 e. The van der Waals surface area contributed by atoms with Gasteiger partial charge in [0.05, 0.1) is 0 Å². The maximum atomic E-state index is 9.55. The van der Waals surface area contributed by atoms with E-state index in [0.29, 0.717) is 12.2 Å². The SMILES string of the molecule is CNCCc1ccccn1.O=C(O)/C=C/C(=O)O. The van der Waals surface area contributed by atoms with E-state index in [1.807, 2.05) is 31.4 Å². The van der Waals surface area contributed by atoms with Crippen LogP contribution in [-0.4, -0.2) is 40.7 Å². The van der Waals surface area contributed by atoms with Gasteiger partial charge in [0, 0.05) is 37.0 Å². The minimum Gasteiger partial charge on any atom is -0.478 e. The van der Waals surface area contributed by atoms with Crippen LogP contribution in [0.15, 0.2) is 36.5 Å². The molecule has 6 nitrogen and oxygen atoms in total. The summed E-state index contributed by atoms with van der Waals surface area (Å²) in [6.07, 6.45) is 3.95. The molecule has 0 aliphatic rings. The Morgan fingerprint density at radius 1 is 1.28 bits per heavy atom. The summed E-state index contributed by atoms with van der Waals surface area (Å²) >= 11 is 0. The molecular weight excluding hydrogens is 236 g/mol. The van der Waals surface area contributed by atoms with Gasteiger partial charge in [0.1, 0.15) is 0 Å². The Morgan fingerprint density at radius 3 is 2.28 bits per heavy atom. The first-order chi connectivity index (χ1) is 8.56. The Labute approximate surface area is 105 Å². The highest BCUT2D eigenvalue weighted by Crippen LogP contribution is 1.92. The van der Waals surface area contributed by atoms with Crippen LogP contribution < -0.4 is 5.32 Å². The zero-order chi connectivity index (χ0) is 13.8. The zero-order valence-electron chi connectivity index (χ0n) is 10.0. The van der Waals surface area contributed by atoms with Crippen molar-refractivity contribution >= 4 is 11.9 Å². The molecule has 0 radical (unpaired) electrons. The van der Waals surface area contributed by atoms with Crippen LogP contribution in [0.3, 0.4) is 0 Å². The summed E-state index contributed by atoms with van der Waals surface area (Å²) in [4.78, 5) is 23.3. The average molecular weight is 252 g/mol. The van der Waals surface area contributed by atoms with Crippen LogP contribution in [0.4, 0.5) is 0 Å². The Morgan fingerprint density at radius 2 is 1.89 bits per heavy atom. The summed E-state index contributed by atoms with van der Waals surface area (Å²) < 4.78 is 0. The lowest BCUT2D eigenvalue weighted by Crippen LogP contribution is -2.10. The lowest BCUT2D eigenvalue weighted by atomic mass is 10.3. The second kappa shape index (κ2) is 9.98. The van der Waals surface area contributed by atoms with Crippen molar-refractivity contribution in [2.24, 2.45) is 0 Å². The highest BCUT2D eigenvalue weighted by molar-refractivity contribution is 5.89. The lowest BCUT2D eigenvalue weighted by molar-refractivity contribution is -0.134. The maximum Gasteiger partial charge on any atom is 0.328 e. The van der Waals surface area contributed by atoms with Gasteiger partial charge in [-0.25, -0.2) is 9.59 Å². The monoisotopic (exact) mass is 252 g/mol. The van der Waals surface area contributed by atoms with Crippen molar-refractivity contribution in [2.45, 2.75) is 6.42 Å². The first kappa shape index (κ1) is 15.8. The summed E-state index contributed by atoms with van der Waals surface area (Å²) in [6, 6.07) is 5.98. The summed E-state index contributed by atoms with van der Waals surface area (Å²) in [5, 5.41) is 18.7. The van der Waals surface area contributed by atoms with E-state index in [4.69, 9.17) is 10.2 Å². The van der Waals surface area contributed by atoms with E-state index < -0.39 is 11.9 Å². The number of nitrogens with one attached hydrogen (secondary N) is 1. The van der Waals surface area contributed by atoms with Crippen molar-refractivity contribution in [2.75, 3.05) is 13.6 Å². The van der Waals surface area contributed by atoms with Crippen LogP contribution in [0.1, 0.15) is 5.69 Å². The van der Waals surface area contributed by atoms with Gasteiger partial charge in [0.15, 0.2) is 0 Å². The topological polar surface area (TPSA) is 99.5 Å². The fourth-order valence-electron chi connectivity index (χ4n) is 0.942. The average Bonchev–Trinajstić information content (AvgIpc) is 2.36. The Bertz CT molecular complexity index is 374. The number of carbonyl (C=O) groups is 2. The lowest BCUT2D eigenvalue weighted by Gasteiger charge is -1.96. The van der Waals surface area contributed by atoms with Crippen LogP contribution >= 0.6 is 0 Å². The number of carboxylic acids is 2. The molecule has 0 unspecified atom stereocenters. The van der Waals surface area contributed by atoms with Crippen molar-refractivity contribution in [1.29, 1.82) is 0 Å². The largest absolute Gasteiger partial charge is 0.478 e. The molecule has 0 spiro atoms. The normalized spacial score (nSPS) is 9.61. The molecule has 0 aromatic carbocycles. The number of likely N-dealkylation sites (N-methyl/N-ethyl adjacent to an activating group) is 1. The molecule has 18 heavy (non-hydrogen) atoms. The molecule has 98 valence electrons. The number of hydrogen-bond donors (Lipinski definition) is 3. The number of aromatic nitrogens is 1. The number of nitrogens with zero attached hydrogens (tertiary/aromatic N) is 1. The van der Waals surface area contributed by atoms with Crippen molar-refractivity contribution in [3.63, 3.8) is 0 Å². The van der Waals surface area contributed by atoms with Gasteiger partial charge in [0.2, 0.25) is 0 Å². The third kappa shape index (κ3) is 10.3. The summed E-state index contributed by atoms with van der Waals surface area (Å²) in [5.41, 5.74) is 1.15. The molecule has 0 fully saturated rings. The quantitative estimate of drug-likeness (QED) is 0.662. The number of carboxylic acid groups (broad SMARTS) is 2. The molecule has 0 amide bonds. The van der Waals surface area contributed by atoms with Gasteiger partial charge in [-0.1, -0.05) is 6.07 Å². The van der Waals surface area contributed by atoms with E-state index in [0.717, 1.165) is 18.7 Å². The molecule has 1 heterocycles. The highest BCUT2D eigenvalue weighted by Gasteiger charge is 1.89. The molecule has 0 aliphatic carbocycles. The van der Waals surface area contributed by atoms with Crippen molar-refractivity contribution in [1.82, 2.24) is 10.3 Å². The van der Waals surface area contributed by atoms with E-state index in [-0.39, 0.29) is 0 Å². The van der Waals surface area contributed by atoms with E-state index in [9.17, 15) is 9.59 Å².